The van der Waals surface area contributed by atoms with E-state index in [0.717, 1.165) is 10.6 Å². The molecule has 1 heterocycles. The topological polar surface area (TPSA) is 92.2 Å². The van der Waals surface area contributed by atoms with Gasteiger partial charge in [-0.15, -0.1) is 10.2 Å². The number of carboxylic acid groups (broad SMARTS) is 1. The van der Waals surface area contributed by atoms with Crippen LogP contribution in [0.2, 0.25) is 0 Å². The third-order valence-corrected chi connectivity index (χ3v) is 4.35. The van der Waals surface area contributed by atoms with E-state index in [4.69, 9.17) is 5.11 Å². The van der Waals surface area contributed by atoms with E-state index in [0.29, 0.717) is 17.1 Å². The quantitative estimate of drug-likeness (QED) is 0.711. The molecule has 0 fully saturated rings. The van der Waals surface area contributed by atoms with Gasteiger partial charge in [0, 0.05) is 6.42 Å². The first-order chi connectivity index (χ1) is 12.1. The number of carbonyl (C=O) groups excluding carboxylic acids is 1. The van der Waals surface area contributed by atoms with Crippen LogP contribution < -0.4 is 5.32 Å². The second-order valence-corrected chi connectivity index (χ2v) is 6.41. The summed E-state index contributed by atoms with van der Waals surface area (Å²) in [5, 5.41) is 21.1. The van der Waals surface area contributed by atoms with Gasteiger partial charge in [0.25, 0.3) is 0 Å². The Bertz CT molecular complexity index is 893. The minimum atomic E-state index is -1.05. The lowest BCUT2D eigenvalue weighted by atomic mass is 10.0. The Morgan fingerprint density at radius 2 is 1.72 bits per heavy atom. The Morgan fingerprint density at radius 3 is 2.48 bits per heavy atom. The van der Waals surface area contributed by atoms with Crippen LogP contribution in [0.5, 0.6) is 0 Å². The van der Waals surface area contributed by atoms with E-state index < -0.39 is 5.97 Å². The van der Waals surface area contributed by atoms with Crippen molar-refractivity contribution in [2.75, 3.05) is 5.32 Å². The number of benzene rings is 2. The van der Waals surface area contributed by atoms with E-state index in [1.165, 1.54) is 17.4 Å². The fraction of sp³-hybridized carbons (Fsp3) is 0.111. The fourth-order valence-electron chi connectivity index (χ4n) is 2.37. The second kappa shape index (κ2) is 7.67. The monoisotopic (exact) mass is 353 g/mol. The molecule has 0 aliphatic heterocycles. The third-order valence-electron chi connectivity index (χ3n) is 3.51. The van der Waals surface area contributed by atoms with Gasteiger partial charge in [0.1, 0.15) is 5.01 Å². The van der Waals surface area contributed by atoms with Crippen molar-refractivity contribution in [2.24, 2.45) is 0 Å². The van der Waals surface area contributed by atoms with Gasteiger partial charge < -0.3 is 10.4 Å². The van der Waals surface area contributed by atoms with E-state index in [9.17, 15) is 9.59 Å². The number of aromatic carboxylic acids is 1. The molecule has 7 heteroatoms. The highest BCUT2D eigenvalue weighted by atomic mass is 32.1. The third kappa shape index (κ3) is 4.48. The molecule has 0 saturated heterocycles. The van der Waals surface area contributed by atoms with Crippen molar-refractivity contribution in [3.8, 4) is 0 Å². The normalized spacial score (nSPS) is 10.4. The summed E-state index contributed by atoms with van der Waals surface area (Å²) in [4.78, 5) is 23.3. The molecule has 2 aromatic carbocycles. The van der Waals surface area contributed by atoms with Crippen LogP contribution in [0, 0.1) is 0 Å². The molecule has 0 spiro atoms. The fourth-order valence-corrected chi connectivity index (χ4v) is 3.16. The zero-order valence-electron chi connectivity index (χ0n) is 13.2. The lowest BCUT2D eigenvalue weighted by molar-refractivity contribution is -0.115. The van der Waals surface area contributed by atoms with Crippen LogP contribution in [-0.4, -0.2) is 27.2 Å². The molecule has 3 rings (SSSR count). The summed E-state index contributed by atoms with van der Waals surface area (Å²) in [7, 11) is 0. The second-order valence-electron chi connectivity index (χ2n) is 5.35. The van der Waals surface area contributed by atoms with Gasteiger partial charge in [-0.05, 0) is 17.2 Å². The van der Waals surface area contributed by atoms with Crippen LogP contribution in [0.25, 0.3) is 0 Å². The smallest absolute Gasteiger partial charge is 0.335 e. The minimum Gasteiger partial charge on any atom is -0.478 e. The number of carbonyl (C=O) groups is 2. The molecule has 0 aliphatic carbocycles. The summed E-state index contributed by atoms with van der Waals surface area (Å²) >= 11 is 1.31. The van der Waals surface area contributed by atoms with Gasteiger partial charge in [-0.25, -0.2) is 4.79 Å². The summed E-state index contributed by atoms with van der Waals surface area (Å²) in [6.07, 6.45) is 0.617. The van der Waals surface area contributed by atoms with Gasteiger partial charge in [0.15, 0.2) is 0 Å². The Hall–Kier alpha value is -3.06. The Kier molecular flexibility index (Phi) is 5.15. The standard InChI is InChI=1S/C18H15N3O3S/c22-15(11-13-8-4-5-9-14(13)17(23)24)19-18-21-20-16(25-18)10-12-6-2-1-3-7-12/h1-9H,10-11H2,(H,23,24)(H,19,21,22). The number of carboxylic acids is 1. The van der Waals surface area contributed by atoms with Crippen molar-refractivity contribution in [1.82, 2.24) is 10.2 Å². The van der Waals surface area contributed by atoms with Crippen LogP contribution >= 0.6 is 11.3 Å². The maximum absolute atomic E-state index is 12.2. The zero-order valence-corrected chi connectivity index (χ0v) is 14.0. The van der Waals surface area contributed by atoms with Crippen LogP contribution in [0.4, 0.5) is 5.13 Å². The van der Waals surface area contributed by atoms with Gasteiger partial charge in [0.2, 0.25) is 11.0 Å². The molecular weight excluding hydrogens is 338 g/mol. The van der Waals surface area contributed by atoms with Crippen LogP contribution in [0.15, 0.2) is 54.6 Å². The molecule has 25 heavy (non-hydrogen) atoms. The zero-order chi connectivity index (χ0) is 17.6. The molecule has 0 bridgehead atoms. The maximum Gasteiger partial charge on any atom is 0.335 e. The summed E-state index contributed by atoms with van der Waals surface area (Å²) in [6.45, 7) is 0. The molecule has 2 N–H and O–H groups in total. The largest absolute Gasteiger partial charge is 0.478 e. The van der Waals surface area contributed by atoms with Gasteiger partial charge in [0.05, 0.1) is 12.0 Å². The number of aromatic nitrogens is 2. The molecule has 126 valence electrons. The SMILES string of the molecule is O=C(Cc1ccccc1C(=O)O)Nc1nnc(Cc2ccccc2)s1. The Labute approximate surface area is 148 Å². The molecular formula is C18H15N3O3S. The first-order valence-corrected chi connectivity index (χ1v) is 8.41. The first kappa shape index (κ1) is 16.8. The van der Waals surface area contributed by atoms with Crippen LogP contribution in [0.3, 0.4) is 0 Å². The average Bonchev–Trinajstić information content (AvgIpc) is 3.02. The number of nitrogens with one attached hydrogen (secondary N) is 1. The highest BCUT2D eigenvalue weighted by Gasteiger charge is 2.14. The van der Waals surface area contributed by atoms with Crippen molar-refractivity contribution in [2.45, 2.75) is 12.8 Å². The number of amides is 1. The molecule has 0 atom stereocenters. The lowest BCUT2D eigenvalue weighted by Gasteiger charge is -2.05. The first-order valence-electron chi connectivity index (χ1n) is 7.59. The molecule has 0 unspecified atom stereocenters. The Balaban J connectivity index is 1.63. The van der Waals surface area contributed by atoms with Crippen LogP contribution in [0.1, 0.15) is 26.5 Å². The van der Waals surface area contributed by atoms with Crippen molar-refractivity contribution in [3.63, 3.8) is 0 Å². The van der Waals surface area contributed by atoms with E-state index in [2.05, 4.69) is 15.5 Å². The minimum absolute atomic E-state index is 0.0317. The van der Waals surface area contributed by atoms with Gasteiger partial charge in [-0.3, -0.25) is 4.79 Å². The summed E-state index contributed by atoms with van der Waals surface area (Å²) in [5.74, 6) is -1.37. The highest BCUT2D eigenvalue weighted by Crippen LogP contribution is 2.19. The average molecular weight is 353 g/mol. The summed E-state index contributed by atoms with van der Waals surface area (Å²) in [6, 6.07) is 16.3. The van der Waals surface area contributed by atoms with E-state index in [1.807, 2.05) is 30.3 Å². The van der Waals surface area contributed by atoms with E-state index in [1.54, 1.807) is 18.2 Å². The van der Waals surface area contributed by atoms with Crippen LogP contribution in [-0.2, 0) is 17.6 Å². The van der Waals surface area contributed by atoms with E-state index >= 15 is 0 Å². The van der Waals surface area contributed by atoms with Gasteiger partial charge in [-0.1, -0.05) is 59.9 Å². The molecule has 0 radical (unpaired) electrons. The maximum atomic E-state index is 12.2. The summed E-state index contributed by atoms with van der Waals surface area (Å²) < 4.78 is 0. The predicted octanol–water partition coefficient (Wildman–Crippen LogP) is 3.01. The summed E-state index contributed by atoms with van der Waals surface area (Å²) in [5.41, 5.74) is 1.70. The number of nitrogens with zero attached hydrogens (tertiary/aromatic N) is 2. The molecule has 3 aromatic rings. The number of hydrogen-bond acceptors (Lipinski definition) is 5. The molecule has 1 aromatic heterocycles. The highest BCUT2D eigenvalue weighted by molar-refractivity contribution is 7.15. The Morgan fingerprint density at radius 1 is 1.00 bits per heavy atom. The van der Waals surface area contributed by atoms with Crippen molar-refractivity contribution < 1.29 is 14.7 Å². The molecule has 0 saturated carbocycles. The molecule has 1 amide bonds. The van der Waals surface area contributed by atoms with Crippen molar-refractivity contribution >= 4 is 28.3 Å². The van der Waals surface area contributed by atoms with Gasteiger partial charge >= 0.3 is 5.97 Å². The lowest BCUT2D eigenvalue weighted by Crippen LogP contribution is -2.16. The number of anilines is 1. The van der Waals surface area contributed by atoms with Crippen molar-refractivity contribution in [3.05, 3.63) is 76.3 Å². The molecule has 0 aliphatic rings. The number of hydrogen-bond donors (Lipinski definition) is 2. The van der Waals surface area contributed by atoms with Crippen molar-refractivity contribution in [1.29, 1.82) is 0 Å². The molecule has 6 nitrogen and oxygen atoms in total. The predicted molar refractivity (Wildman–Crippen MR) is 94.9 cm³/mol. The van der Waals surface area contributed by atoms with E-state index in [-0.39, 0.29) is 17.9 Å². The number of rotatable bonds is 6. The van der Waals surface area contributed by atoms with Gasteiger partial charge in [-0.2, -0.15) is 0 Å².